The molecule has 0 amide bonds. The van der Waals surface area contributed by atoms with Gasteiger partial charge in [-0.2, -0.15) is 13.2 Å². The third-order valence-electron chi connectivity index (χ3n) is 5.56. The molecule has 0 spiro atoms. The van der Waals surface area contributed by atoms with E-state index in [1.807, 2.05) is 13.0 Å². The van der Waals surface area contributed by atoms with Gasteiger partial charge in [0.05, 0.1) is 0 Å². The maximum atomic E-state index is 14.0. The summed E-state index contributed by atoms with van der Waals surface area (Å²) in [5.74, 6) is -1.38. The summed E-state index contributed by atoms with van der Waals surface area (Å²) in [5, 5.41) is 3.69. The standard InChI is InChI=1S/C22H22BrF4NO3/c1-4-21(2,3)11-16(20(29)31-27)28-19(22(24,25)26)12-5-7-14-15-10-13(23)6-8-17(15)30-18(14)9-12/h5-10,16,19,28H,4,11H2,1-3H3/t16-,19-/m0/s1. The third kappa shape index (κ3) is 5.20. The number of carbonyl (C=O) groups is 1. The highest BCUT2D eigenvalue weighted by Gasteiger charge is 2.44. The van der Waals surface area contributed by atoms with Gasteiger partial charge in [0.1, 0.15) is 23.2 Å². The van der Waals surface area contributed by atoms with Crippen LogP contribution in [0.25, 0.3) is 21.9 Å². The lowest BCUT2D eigenvalue weighted by Gasteiger charge is -2.31. The first-order valence-corrected chi connectivity index (χ1v) is 10.5. The molecule has 0 aliphatic carbocycles. The first-order valence-electron chi connectivity index (χ1n) is 9.72. The van der Waals surface area contributed by atoms with Gasteiger partial charge in [-0.3, -0.25) is 10.3 Å². The van der Waals surface area contributed by atoms with E-state index in [9.17, 15) is 22.5 Å². The van der Waals surface area contributed by atoms with Crippen molar-refractivity contribution in [3.05, 3.63) is 46.4 Å². The van der Waals surface area contributed by atoms with Crippen molar-refractivity contribution in [1.82, 2.24) is 5.32 Å². The number of halogens is 5. The summed E-state index contributed by atoms with van der Waals surface area (Å²) in [6.07, 6.45) is -4.18. The highest BCUT2D eigenvalue weighted by molar-refractivity contribution is 9.10. The summed E-state index contributed by atoms with van der Waals surface area (Å²) in [6, 6.07) is 5.78. The van der Waals surface area contributed by atoms with Gasteiger partial charge in [-0.05, 0) is 41.7 Å². The van der Waals surface area contributed by atoms with Gasteiger partial charge in [0.2, 0.25) is 0 Å². The lowest BCUT2D eigenvalue weighted by molar-refractivity contribution is -0.191. The molecule has 0 unspecified atom stereocenters. The largest absolute Gasteiger partial charge is 0.456 e. The second-order valence-corrected chi connectivity index (χ2v) is 9.23. The van der Waals surface area contributed by atoms with E-state index in [4.69, 9.17) is 4.42 Å². The van der Waals surface area contributed by atoms with Crippen molar-refractivity contribution in [2.75, 3.05) is 0 Å². The number of furan rings is 1. The molecule has 1 N–H and O–H groups in total. The number of carbonyl (C=O) groups excluding carboxylic acids is 1. The molecule has 0 bridgehead atoms. The number of hydrogen-bond acceptors (Lipinski definition) is 4. The molecule has 3 rings (SSSR count). The van der Waals surface area contributed by atoms with E-state index in [-0.39, 0.29) is 17.6 Å². The fourth-order valence-corrected chi connectivity index (χ4v) is 3.85. The van der Waals surface area contributed by atoms with Crippen LogP contribution < -0.4 is 5.32 Å². The van der Waals surface area contributed by atoms with Gasteiger partial charge in [-0.1, -0.05) is 55.3 Å². The van der Waals surface area contributed by atoms with Crippen molar-refractivity contribution in [3.8, 4) is 0 Å². The summed E-state index contributed by atoms with van der Waals surface area (Å²) in [7, 11) is 0. The molecular formula is C22H22BrF4NO3. The Kier molecular flexibility index (Phi) is 6.67. The van der Waals surface area contributed by atoms with E-state index < -0.39 is 29.6 Å². The maximum Gasteiger partial charge on any atom is 0.407 e. The number of benzene rings is 2. The highest BCUT2D eigenvalue weighted by atomic mass is 79.9. The Morgan fingerprint density at radius 3 is 2.45 bits per heavy atom. The zero-order valence-electron chi connectivity index (χ0n) is 17.1. The van der Waals surface area contributed by atoms with Crippen LogP contribution in [0.15, 0.2) is 45.3 Å². The molecule has 1 heterocycles. The van der Waals surface area contributed by atoms with Crippen LogP contribution in [0.1, 0.15) is 45.2 Å². The number of rotatable bonds is 7. The van der Waals surface area contributed by atoms with Crippen LogP contribution in [0.3, 0.4) is 0 Å². The minimum Gasteiger partial charge on any atom is -0.456 e. The van der Waals surface area contributed by atoms with Crippen LogP contribution in [-0.2, 0) is 9.74 Å². The zero-order chi connectivity index (χ0) is 23.0. The summed E-state index contributed by atoms with van der Waals surface area (Å²) >= 11 is 3.37. The molecule has 0 aliphatic heterocycles. The molecule has 0 radical (unpaired) electrons. The Morgan fingerprint density at radius 2 is 1.84 bits per heavy atom. The Labute approximate surface area is 184 Å². The molecule has 2 atom stereocenters. The summed E-state index contributed by atoms with van der Waals surface area (Å²) in [6.45, 7) is 5.41. The van der Waals surface area contributed by atoms with Crippen molar-refractivity contribution in [1.29, 1.82) is 0 Å². The molecule has 3 aromatic rings. The Balaban J connectivity index is 2.02. The Morgan fingerprint density at radius 1 is 1.13 bits per heavy atom. The molecule has 168 valence electrons. The van der Waals surface area contributed by atoms with Gasteiger partial charge >= 0.3 is 12.1 Å². The molecule has 0 saturated heterocycles. The van der Waals surface area contributed by atoms with Crippen molar-refractivity contribution in [3.63, 3.8) is 0 Å². The van der Waals surface area contributed by atoms with Crippen LogP contribution in [0.4, 0.5) is 17.7 Å². The van der Waals surface area contributed by atoms with Gasteiger partial charge < -0.3 is 4.42 Å². The monoisotopic (exact) mass is 503 g/mol. The van der Waals surface area contributed by atoms with Gasteiger partial charge in [0.25, 0.3) is 0 Å². The average Bonchev–Trinajstić information content (AvgIpc) is 3.06. The Hall–Kier alpha value is -2.13. The van der Waals surface area contributed by atoms with E-state index in [0.717, 1.165) is 9.86 Å². The van der Waals surface area contributed by atoms with Crippen LogP contribution in [-0.4, -0.2) is 18.2 Å². The van der Waals surface area contributed by atoms with Crippen LogP contribution >= 0.6 is 15.9 Å². The van der Waals surface area contributed by atoms with Crippen LogP contribution in [0.2, 0.25) is 0 Å². The number of hydrogen-bond donors (Lipinski definition) is 1. The molecule has 0 fully saturated rings. The van der Waals surface area contributed by atoms with Crippen molar-refractivity contribution >= 4 is 43.8 Å². The molecule has 9 heteroatoms. The molecular weight excluding hydrogens is 482 g/mol. The predicted molar refractivity (Wildman–Crippen MR) is 113 cm³/mol. The van der Waals surface area contributed by atoms with E-state index in [1.165, 1.54) is 12.1 Å². The molecule has 0 saturated carbocycles. The Bertz CT molecular complexity index is 1090. The first kappa shape index (κ1) is 23.5. The van der Waals surface area contributed by atoms with Crippen molar-refractivity contribution in [2.45, 2.75) is 51.9 Å². The second kappa shape index (κ2) is 8.78. The minimum atomic E-state index is -4.74. The summed E-state index contributed by atoms with van der Waals surface area (Å²) < 4.78 is 61.0. The average molecular weight is 504 g/mol. The summed E-state index contributed by atoms with van der Waals surface area (Å²) in [4.78, 5) is 15.2. The quantitative estimate of drug-likeness (QED) is 0.347. The number of fused-ring (bicyclic) bond motifs is 3. The van der Waals surface area contributed by atoms with E-state index in [0.29, 0.717) is 17.4 Å². The van der Waals surface area contributed by atoms with Crippen LogP contribution in [0, 0.1) is 5.41 Å². The minimum absolute atomic E-state index is 0.0280. The maximum absolute atomic E-state index is 14.0. The van der Waals surface area contributed by atoms with Gasteiger partial charge in [0, 0.05) is 19.8 Å². The fraction of sp³-hybridized carbons (Fsp3) is 0.409. The second-order valence-electron chi connectivity index (χ2n) is 8.31. The number of alkyl halides is 3. The van der Waals surface area contributed by atoms with Gasteiger partial charge in [0.15, 0.2) is 0 Å². The van der Waals surface area contributed by atoms with Crippen molar-refractivity contribution < 1.29 is 31.9 Å². The molecule has 0 aliphatic rings. The highest BCUT2D eigenvalue weighted by Crippen LogP contribution is 2.38. The third-order valence-corrected chi connectivity index (χ3v) is 6.05. The fourth-order valence-electron chi connectivity index (χ4n) is 3.49. The summed E-state index contributed by atoms with van der Waals surface area (Å²) in [5.41, 5.74) is 0.164. The predicted octanol–water partition coefficient (Wildman–Crippen LogP) is 7.16. The normalized spacial score (nSPS) is 14.7. The molecule has 1 aromatic heterocycles. The van der Waals surface area contributed by atoms with Crippen LogP contribution in [0.5, 0.6) is 0 Å². The molecule has 4 nitrogen and oxygen atoms in total. The zero-order valence-corrected chi connectivity index (χ0v) is 18.7. The van der Waals surface area contributed by atoms with E-state index in [2.05, 4.69) is 26.2 Å². The van der Waals surface area contributed by atoms with Crippen molar-refractivity contribution in [2.24, 2.45) is 5.41 Å². The van der Waals surface area contributed by atoms with E-state index >= 15 is 0 Å². The molecule has 2 aromatic carbocycles. The number of nitrogens with one attached hydrogen (secondary N) is 1. The first-order chi connectivity index (χ1) is 14.4. The van der Waals surface area contributed by atoms with E-state index in [1.54, 1.807) is 32.0 Å². The molecule has 31 heavy (non-hydrogen) atoms. The SMILES string of the molecule is CCC(C)(C)C[C@H](N[C@@H](c1ccc2c(c1)oc1ccc(Br)cc12)C(F)(F)F)C(=O)OF. The van der Waals surface area contributed by atoms with Gasteiger partial charge in [-0.25, -0.2) is 4.79 Å². The smallest absolute Gasteiger partial charge is 0.407 e. The topological polar surface area (TPSA) is 51.5 Å². The van der Waals surface area contributed by atoms with Gasteiger partial charge in [-0.15, -0.1) is 0 Å². The lowest BCUT2D eigenvalue weighted by atomic mass is 9.83. The lowest BCUT2D eigenvalue weighted by Crippen LogP contribution is -2.46.